The Hall–Kier alpha value is -4.08. The number of esters is 2. The Labute approximate surface area is 298 Å². The van der Waals surface area contributed by atoms with Gasteiger partial charge in [-0.05, 0) is 81.7 Å². The molecule has 4 N–H and O–H groups in total. The molecule has 0 aliphatic heterocycles. The largest absolute Gasteiger partial charge is 0.507 e. The molecule has 0 aliphatic carbocycles. The van der Waals surface area contributed by atoms with Gasteiger partial charge in [0, 0.05) is 12.8 Å². The number of benzene rings is 2. The molecule has 0 saturated heterocycles. The van der Waals surface area contributed by atoms with Gasteiger partial charge in [-0.15, -0.1) is 0 Å². The summed E-state index contributed by atoms with van der Waals surface area (Å²) in [5, 5.41) is 26.6. The van der Waals surface area contributed by atoms with E-state index >= 15 is 0 Å². The number of hydrogen-bond donors (Lipinski definition) is 4. The SMILES string of the molecule is CC(NC(=O)C(=O)NC(C)OC(=O)CCc1cc(C(C)(C)C)c(O)c(C(C)(C)C)c1)OC(=O)CCc1cc(C(C)(C)C)c(O)c(C(C)(C)C)c1. The number of phenols is 2. The van der Waals surface area contributed by atoms with Gasteiger partial charge in [-0.1, -0.05) is 107 Å². The second kappa shape index (κ2) is 15.9. The van der Waals surface area contributed by atoms with Crippen molar-refractivity contribution in [1.82, 2.24) is 10.6 Å². The Morgan fingerprint density at radius 1 is 0.540 bits per heavy atom. The van der Waals surface area contributed by atoms with Crippen LogP contribution < -0.4 is 10.6 Å². The standard InChI is InChI=1S/C40H60N2O8/c1-23(49-31(43)17-15-25-19-27(37(3,4)5)33(45)28(20-25)38(6,7)8)41-35(47)36(48)42-24(2)50-32(44)18-16-26-21-29(39(9,10)11)34(46)30(22-26)40(12,13)14/h19-24,45-46H,15-18H2,1-14H3,(H,41,47)(H,42,48). The Balaban J connectivity index is 1.91. The van der Waals surface area contributed by atoms with Gasteiger partial charge in [0.25, 0.3) is 0 Å². The van der Waals surface area contributed by atoms with E-state index in [4.69, 9.17) is 9.47 Å². The number of aromatic hydroxyl groups is 2. The predicted octanol–water partition coefficient (Wildman–Crippen LogP) is 6.86. The van der Waals surface area contributed by atoms with Gasteiger partial charge in [0.2, 0.25) is 0 Å². The highest BCUT2D eigenvalue weighted by Crippen LogP contribution is 2.41. The van der Waals surface area contributed by atoms with Crippen molar-refractivity contribution in [3.8, 4) is 11.5 Å². The number of ether oxygens (including phenoxy) is 2. The van der Waals surface area contributed by atoms with Crippen LogP contribution in [0.3, 0.4) is 0 Å². The fourth-order valence-corrected chi connectivity index (χ4v) is 5.53. The number of phenolic OH excluding ortho intramolecular Hbond substituents is 2. The van der Waals surface area contributed by atoms with Crippen LogP contribution in [-0.2, 0) is 63.2 Å². The van der Waals surface area contributed by atoms with E-state index < -0.39 is 36.2 Å². The molecule has 2 unspecified atom stereocenters. The molecular weight excluding hydrogens is 636 g/mol. The van der Waals surface area contributed by atoms with E-state index in [-0.39, 0.29) is 46.0 Å². The summed E-state index contributed by atoms with van der Waals surface area (Å²) in [4.78, 5) is 50.3. The van der Waals surface area contributed by atoms with Gasteiger partial charge >= 0.3 is 23.8 Å². The summed E-state index contributed by atoms with van der Waals surface area (Å²) in [6, 6.07) is 7.61. The molecule has 2 aromatic carbocycles. The third-order valence-corrected chi connectivity index (χ3v) is 8.30. The number of aryl methyl sites for hydroxylation is 2. The molecule has 2 aromatic rings. The Bertz CT molecular complexity index is 1380. The molecule has 0 bridgehead atoms. The lowest BCUT2D eigenvalue weighted by atomic mass is 9.78. The van der Waals surface area contributed by atoms with Crippen LogP contribution in [0.5, 0.6) is 11.5 Å². The summed E-state index contributed by atoms with van der Waals surface area (Å²) in [5.41, 5.74) is 3.69. The molecule has 278 valence electrons. The zero-order chi connectivity index (χ0) is 38.6. The molecule has 0 heterocycles. The van der Waals surface area contributed by atoms with Crippen LogP contribution >= 0.6 is 0 Å². The first kappa shape index (κ1) is 42.1. The van der Waals surface area contributed by atoms with Crippen LogP contribution in [0.15, 0.2) is 24.3 Å². The molecular formula is C40H60N2O8. The van der Waals surface area contributed by atoms with Crippen LogP contribution in [0.4, 0.5) is 0 Å². The van der Waals surface area contributed by atoms with Gasteiger partial charge in [0.15, 0.2) is 12.5 Å². The average Bonchev–Trinajstić information content (AvgIpc) is 2.93. The first-order valence-corrected chi connectivity index (χ1v) is 17.3. The van der Waals surface area contributed by atoms with Crippen LogP contribution in [0.25, 0.3) is 0 Å². The normalized spacial score (nSPS) is 13.6. The van der Waals surface area contributed by atoms with Crippen molar-refractivity contribution >= 4 is 23.8 Å². The summed E-state index contributed by atoms with van der Waals surface area (Å²) in [6.07, 6.45) is -1.41. The number of hydrogen-bond acceptors (Lipinski definition) is 8. The molecule has 0 fully saturated rings. The number of rotatable bonds is 10. The quantitative estimate of drug-likeness (QED) is 0.119. The van der Waals surface area contributed by atoms with Crippen LogP contribution in [0, 0.1) is 0 Å². The van der Waals surface area contributed by atoms with Gasteiger partial charge < -0.3 is 30.3 Å². The Morgan fingerprint density at radius 2 is 0.780 bits per heavy atom. The number of amides is 2. The molecule has 50 heavy (non-hydrogen) atoms. The third-order valence-electron chi connectivity index (χ3n) is 8.30. The Kier molecular flexibility index (Phi) is 13.3. The average molecular weight is 697 g/mol. The molecule has 0 aliphatic rings. The zero-order valence-electron chi connectivity index (χ0n) is 32.6. The van der Waals surface area contributed by atoms with E-state index in [1.54, 1.807) is 0 Å². The topological polar surface area (TPSA) is 151 Å². The van der Waals surface area contributed by atoms with Crippen molar-refractivity contribution in [1.29, 1.82) is 0 Å². The first-order valence-electron chi connectivity index (χ1n) is 17.3. The van der Waals surface area contributed by atoms with Crippen LogP contribution in [0.2, 0.25) is 0 Å². The van der Waals surface area contributed by atoms with E-state index in [9.17, 15) is 29.4 Å². The molecule has 10 heteroatoms. The van der Waals surface area contributed by atoms with E-state index in [1.165, 1.54) is 13.8 Å². The maximum Gasteiger partial charge on any atom is 0.312 e. The highest BCUT2D eigenvalue weighted by molar-refractivity contribution is 6.35. The van der Waals surface area contributed by atoms with E-state index in [1.807, 2.05) is 107 Å². The zero-order valence-corrected chi connectivity index (χ0v) is 32.6. The fourth-order valence-electron chi connectivity index (χ4n) is 5.53. The fraction of sp³-hybridized carbons (Fsp3) is 0.600. The Morgan fingerprint density at radius 3 is 1.00 bits per heavy atom. The summed E-state index contributed by atoms with van der Waals surface area (Å²) >= 11 is 0. The van der Waals surface area contributed by atoms with Crippen molar-refractivity contribution in [2.75, 3.05) is 0 Å². The maximum absolute atomic E-state index is 12.6. The lowest BCUT2D eigenvalue weighted by Gasteiger charge is -2.28. The minimum Gasteiger partial charge on any atom is -0.507 e. The van der Waals surface area contributed by atoms with Gasteiger partial charge in [-0.25, -0.2) is 0 Å². The monoisotopic (exact) mass is 696 g/mol. The smallest absolute Gasteiger partial charge is 0.312 e. The van der Waals surface area contributed by atoms with Crippen molar-refractivity contribution in [2.24, 2.45) is 0 Å². The summed E-state index contributed by atoms with van der Waals surface area (Å²) in [7, 11) is 0. The van der Waals surface area contributed by atoms with Gasteiger partial charge in [0.05, 0.1) is 0 Å². The minimum atomic E-state index is -1.09. The second-order valence-corrected chi connectivity index (χ2v) is 17.3. The molecule has 0 spiro atoms. The van der Waals surface area contributed by atoms with Crippen molar-refractivity contribution in [3.63, 3.8) is 0 Å². The van der Waals surface area contributed by atoms with Crippen LogP contribution in [-0.4, -0.2) is 46.4 Å². The maximum atomic E-state index is 12.6. The third kappa shape index (κ3) is 12.1. The molecule has 10 nitrogen and oxygen atoms in total. The first-order chi connectivity index (χ1) is 22.6. The van der Waals surface area contributed by atoms with Gasteiger partial charge in [-0.3, -0.25) is 19.2 Å². The molecule has 0 saturated carbocycles. The summed E-state index contributed by atoms with van der Waals surface area (Å²) < 4.78 is 10.6. The van der Waals surface area contributed by atoms with Crippen molar-refractivity contribution < 1.29 is 38.9 Å². The highest BCUT2D eigenvalue weighted by atomic mass is 16.6. The molecule has 2 amide bonds. The minimum absolute atomic E-state index is 0.0243. The van der Waals surface area contributed by atoms with Crippen molar-refractivity contribution in [2.45, 2.75) is 157 Å². The lowest BCUT2D eigenvalue weighted by molar-refractivity contribution is -0.156. The summed E-state index contributed by atoms with van der Waals surface area (Å²) in [6.45, 7) is 27.1. The second-order valence-electron chi connectivity index (χ2n) is 17.3. The van der Waals surface area contributed by atoms with E-state index in [2.05, 4.69) is 10.6 Å². The molecule has 0 radical (unpaired) electrons. The number of carbonyl (C=O) groups excluding carboxylic acids is 4. The van der Waals surface area contributed by atoms with E-state index in [0.29, 0.717) is 12.8 Å². The number of nitrogens with one attached hydrogen (secondary N) is 2. The van der Waals surface area contributed by atoms with Crippen molar-refractivity contribution in [3.05, 3.63) is 57.6 Å². The van der Waals surface area contributed by atoms with E-state index in [0.717, 1.165) is 33.4 Å². The summed E-state index contributed by atoms with van der Waals surface area (Å²) in [5.74, 6) is -2.72. The lowest BCUT2D eigenvalue weighted by Crippen LogP contribution is -2.48. The van der Waals surface area contributed by atoms with Gasteiger partial charge in [0.1, 0.15) is 11.5 Å². The highest BCUT2D eigenvalue weighted by Gasteiger charge is 2.29. The predicted molar refractivity (Wildman–Crippen MR) is 195 cm³/mol. The molecule has 0 aromatic heterocycles. The van der Waals surface area contributed by atoms with Crippen LogP contribution in [0.1, 0.15) is 143 Å². The molecule has 2 atom stereocenters. The van der Waals surface area contributed by atoms with Gasteiger partial charge in [-0.2, -0.15) is 0 Å². The number of carbonyl (C=O) groups is 4. The molecule has 2 rings (SSSR count).